The average Bonchev–Trinajstić information content (AvgIpc) is 2.63. The highest BCUT2D eigenvalue weighted by Gasteiger charge is 2.17. The normalized spacial score (nSPS) is 11.3. The molecule has 0 radical (unpaired) electrons. The largest absolute Gasteiger partial charge is 0.457 e. The van der Waals surface area contributed by atoms with Gasteiger partial charge in [-0.25, -0.2) is 21.9 Å². The van der Waals surface area contributed by atoms with E-state index in [1.165, 1.54) is 0 Å². The van der Waals surface area contributed by atoms with Crippen LogP contribution in [0.3, 0.4) is 0 Å². The minimum atomic E-state index is -4.11. The first-order valence-corrected chi connectivity index (χ1v) is 9.79. The van der Waals surface area contributed by atoms with E-state index in [0.717, 1.165) is 17.2 Å². The van der Waals surface area contributed by atoms with Crippen molar-refractivity contribution in [1.29, 1.82) is 0 Å². The van der Waals surface area contributed by atoms with Crippen LogP contribution in [-0.4, -0.2) is 33.3 Å². The van der Waals surface area contributed by atoms with E-state index in [4.69, 9.17) is 4.74 Å². The van der Waals surface area contributed by atoms with Gasteiger partial charge in [-0.1, -0.05) is 17.7 Å². The molecule has 0 saturated carbocycles. The van der Waals surface area contributed by atoms with Gasteiger partial charge in [-0.15, -0.1) is 0 Å². The van der Waals surface area contributed by atoms with Crippen LogP contribution in [0.15, 0.2) is 41.3 Å². The molecule has 0 atom stereocenters. The molecule has 28 heavy (non-hydrogen) atoms. The Hall–Kier alpha value is -2.65. The number of sulfonamides is 1. The number of aryl methyl sites for hydroxylation is 2. The van der Waals surface area contributed by atoms with E-state index in [1.54, 1.807) is 19.1 Å². The van der Waals surface area contributed by atoms with Gasteiger partial charge >= 0.3 is 5.97 Å². The number of halogens is 2. The van der Waals surface area contributed by atoms with E-state index in [0.29, 0.717) is 17.7 Å². The van der Waals surface area contributed by atoms with E-state index < -0.39 is 39.1 Å². The van der Waals surface area contributed by atoms with Crippen LogP contribution in [-0.2, 0) is 19.6 Å². The minimum absolute atomic E-state index is 0.322. The van der Waals surface area contributed by atoms with Gasteiger partial charge in [0.15, 0.2) is 18.2 Å². The zero-order valence-electron chi connectivity index (χ0n) is 15.3. The van der Waals surface area contributed by atoms with Crippen molar-refractivity contribution in [2.75, 3.05) is 13.2 Å². The number of hydrogen-bond donors (Lipinski definition) is 1. The van der Waals surface area contributed by atoms with Crippen molar-refractivity contribution in [2.24, 2.45) is 0 Å². The Labute approximate surface area is 161 Å². The Kier molecular flexibility index (Phi) is 6.98. The van der Waals surface area contributed by atoms with Crippen LogP contribution in [0.4, 0.5) is 8.78 Å². The Balaban J connectivity index is 1.84. The quantitative estimate of drug-likeness (QED) is 0.533. The third-order valence-corrected chi connectivity index (χ3v) is 5.34. The van der Waals surface area contributed by atoms with Gasteiger partial charge in [0.05, 0.1) is 11.3 Å². The lowest BCUT2D eigenvalue weighted by molar-refractivity contribution is -0.142. The molecule has 0 heterocycles. The first-order chi connectivity index (χ1) is 13.1. The first-order valence-electron chi connectivity index (χ1n) is 8.31. The number of nitrogens with one attached hydrogen (secondary N) is 1. The number of ether oxygens (including phenoxy) is 1. The molecule has 1 N–H and O–H groups in total. The average molecular weight is 411 g/mol. The molecular weight excluding hydrogens is 392 g/mol. The fraction of sp³-hybridized carbons (Fsp3) is 0.263. The van der Waals surface area contributed by atoms with Gasteiger partial charge in [0.1, 0.15) is 0 Å². The van der Waals surface area contributed by atoms with Gasteiger partial charge in [0.2, 0.25) is 15.8 Å². The smallest absolute Gasteiger partial charge is 0.307 e. The lowest BCUT2D eigenvalue weighted by Gasteiger charge is -2.09. The molecule has 0 aliphatic carbocycles. The molecule has 0 unspecified atom stereocenters. The van der Waals surface area contributed by atoms with E-state index in [9.17, 15) is 26.8 Å². The predicted molar refractivity (Wildman–Crippen MR) is 97.4 cm³/mol. The Bertz CT molecular complexity index is 1010. The number of carbonyl (C=O) groups excluding carboxylic acids is 2. The molecule has 0 aromatic heterocycles. The van der Waals surface area contributed by atoms with Crippen molar-refractivity contribution in [3.05, 3.63) is 64.7 Å². The van der Waals surface area contributed by atoms with Crippen LogP contribution in [0.2, 0.25) is 0 Å². The van der Waals surface area contributed by atoms with Gasteiger partial charge < -0.3 is 4.74 Å². The van der Waals surface area contributed by atoms with Gasteiger partial charge in [0.25, 0.3) is 0 Å². The molecule has 2 aromatic rings. The molecule has 0 spiro atoms. The summed E-state index contributed by atoms with van der Waals surface area (Å²) in [7, 11) is -4.11. The highest BCUT2D eigenvalue weighted by atomic mass is 32.2. The summed E-state index contributed by atoms with van der Waals surface area (Å²) < 4.78 is 57.0. The van der Waals surface area contributed by atoms with Gasteiger partial charge in [-0.05, 0) is 43.7 Å². The number of hydrogen-bond acceptors (Lipinski definition) is 5. The minimum Gasteiger partial charge on any atom is -0.457 e. The number of carbonyl (C=O) groups is 2. The molecule has 9 heteroatoms. The third kappa shape index (κ3) is 5.67. The maximum atomic E-state index is 13.2. The fourth-order valence-corrected chi connectivity index (χ4v) is 3.39. The number of rotatable bonds is 8. The van der Waals surface area contributed by atoms with Crippen molar-refractivity contribution in [3.63, 3.8) is 0 Å². The summed E-state index contributed by atoms with van der Waals surface area (Å²) in [5.74, 6) is -3.60. The zero-order valence-corrected chi connectivity index (χ0v) is 16.1. The molecule has 0 aliphatic rings. The monoisotopic (exact) mass is 411 g/mol. The summed E-state index contributed by atoms with van der Waals surface area (Å²) in [5, 5.41) is 0. The SMILES string of the molecule is Cc1ccc(C)c(C(=O)COC(=O)CCNS(=O)(=O)c2ccc(F)c(F)c2)c1. The van der Waals surface area contributed by atoms with E-state index >= 15 is 0 Å². The number of Topliss-reactive ketones (excluding diaryl/α,β-unsaturated/α-hetero) is 1. The Morgan fingerprint density at radius 2 is 1.75 bits per heavy atom. The van der Waals surface area contributed by atoms with Crippen molar-refractivity contribution in [1.82, 2.24) is 4.72 Å². The maximum Gasteiger partial charge on any atom is 0.307 e. The molecular formula is C19H19F2NO5S. The second kappa shape index (κ2) is 9.03. The summed E-state index contributed by atoms with van der Waals surface area (Å²) in [5.41, 5.74) is 2.10. The number of esters is 1. The van der Waals surface area contributed by atoms with E-state index in [1.807, 2.05) is 13.0 Å². The molecule has 2 aromatic carbocycles. The van der Waals surface area contributed by atoms with E-state index in [-0.39, 0.29) is 18.7 Å². The third-order valence-electron chi connectivity index (χ3n) is 3.88. The first kappa shape index (κ1) is 21.6. The van der Waals surface area contributed by atoms with Gasteiger partial charge in [-0.2, -0.15) is 0 Å². The highest BCUT2D eigenvalue weighted by molar-refractivity contribution is 7.89. The van der Waals surface area contributed by atoms with Crippen molar-refractivity contribution in [2.45, 2.75) is 25.2 Å². The number of benzene rings is 2. The Morgan fingerprint density at radius 3 is 2.43 bits per heavy atom. The van der Waals surface area contributed by atoms with Gasteiger partial charge in [0, 0.05) is 12.1 Å². The molecule has 6 nitrogen and oxygen atoms in total. The van der Waals surface area contributed by atoms with Crippen LogP contribution >= 0.6 is 0 Å². The summed E-state index contributed by atoms with van der Waals surface area (Å²) >= 11 is 0. The second-order valence-electron chi connectivity index (χ2n) is 6.13. The van der Waals surface area contributed by atoms with Gasteiger partial charge in [-0.3, -0.25) is 9.59 Å². The lowest BCUT2D eigenvalue weighted by atomic mass is 10.0. The number of ketones is 1. The van der Waals surface area contributed by atoms with Crippen LogP contribution in [0.5, 0.6) is 0 Å². The molecule has 0 aliphatic heterocycles. The molecule has 2 rings (SSSR count). The maximum absolute atomic E-state index is 13.2. The van der Waals surface area contributed by atoms with Crippen molar-refractivity contribution < 1.29 is 31.5 Å². The molecule has 0 bridgehead atoms. The molecule has 0 amide bonds. The second-order valence-corrected chi connectivity index (χ2v) is 7.89. The fourth-order valence-electron chi connectivity index (χ4n) is 2.35. The van der Waals surface area contributed by atoms with Crippen LogP contribution in [0.25, 0.3) is 0 Å². The van der Waals surface area contributed by atoms with Crippen molar-refractivity contribution in [3.8, 4) is 0 Å². The summed E-state index contributed by atoms with van der Waals surface area (Å²) in [6.45, 7) is 2.82. The van der Waals surface area contributed by atoms with Crippen LogP contribution in [0, 0.1) is 25.5 Å². The predicted octanol–water partition coefficient (Wildman–Crippen LogP) is 2.68. The molecule has 150 valence electrons. The molecule has 0 fully saturated rings. The Morgan fingerprint density at radius 1 is 1.04 bits per heavy atom. The van der Waals surface area contributed by atoms with Crippen LogP contribution in [0.1, 0.15) is 27.9 Å². The standard InChI is InChI=1S/C19H19F2NO5S/c1-12-3-4-13(2)15(9-12)18(23)11-27-19(24)7-8-22-28(25,26)14-5-6-16(20)17(21)10-14/h3-6,9-10,22H,7-8,11H2,1-2H3. The van der Waals surface area contributed by atoms with Crippen LogP contribution < -0.4 is 4.72 Å². The van der Waals surface area contributed by atoms with E-state index in [2.05, 4.69) is 4.72 Å². The lowest BCUT2D eigenvalue weighted by Crippen LogP contribution is -2.27. The molecule has 0 saturated heterocycles. The highest BCUT2D eigenvalue weighted by Crippen LogP contribution is 2.14. The zero-order chi connectivity index (χ0) is 20.9. The summed E-state index contributed by atoms with van der Waals surface area (Å²) in [6.07, 6.45) is -0.330. The summed E-state index contributed by atoms with van der Waals surface area (Å²) in [6, 6.07) is 7.48. The van der Waals surface area contributed by atoms with Crippen molar-refractivity contribution >= 4 is 21.8 Å². The topological polar surface area (TPSA) is 89.5 Å². The summed E-state index contributed by atoms with van der Waals surface area (Å²) in [4.78, 5) is 23.4.